The lowest BCUT2D eigenvalue weighted by atomic mass is 9.85. The molecule has 1 saturated heterocycles. The minimum absolute atomic E-state index is 0.00507. The first-order chi connectivity index (χ1) is 9.31. The van der Waals surface area contributed by atoms with Crippen molar-refractivity contribution in [2.45, 2.75) is 58.7 Å². The molecule has 0 saturated carbocycles. The average molecular weight is 278 g/mol. The molecule has 0 bridgehead atoms. The zero-order valence-corrected chi connectivity index (χ0v) is 12.9. The lowest BCUT2D eigenvalue weighted by Crippen LogP contribution is -2.57. The number of carbonyl (C=O) groups excluding carboxylic acids is 1. The van der Waals surface area contributed by atoms with Gasteiger partial charge in [-0.15, -0.1) is 0 Å². The molecule has 5 nitrogen and oxygen atoms in total. The number of imidazole rings is 1. The second-order valence-electron chi connectivity index (χ2n) is 7.01. The van der Waals surface area contributed by atoms with Crippen LogP contribution in [0.15, 0.2) is 18.7 Å². The van der Waals surface area contributed by atoms with Crippen molar-refractivity contribution in [3.05, 3.63) is 18.7 Å². The van der Waals surface area contributed by atoms with Crippen LogP contribution < -0.4 is 10.6 Å². The largest absolute Gasteiger partial charge is 0.349 e. The second-order valence-corrected chi connectivity index (χ2v) is 7.01. The highest BCUT2D eigenvalue weighted by atomic mass is 16.2. The van der Waals surface area contributed by atoms with Crippen LogP contribution in [0.3, 0.4) is 0 Å². The van der Waals surface area contributed by atoms with Gasteiger partial charge in [0.05, 0.1) is 17.9 Å². The standard InChI is InChI=1S/C15H26N4O/c1-14(2,3)12(10-19-9-8-16-11-19)18-13(20)15(4)6-5-7-17-15/h8-9,11-12,17H,5-7,10H2,1-4H3,(H,18,20). The van der Waals surface area contributed by atoms with Crippen LogP contribution in [0.2, 0.25) is 0 Å². The molecule has 0 radical (unpaired) electrons. The molecule has 1 aliphatic heterocycles. The van der Waals surface area contributed by atoms with Gasteiger partial charge in [0, 0.05) is 18.9 Å². The molecular formula is C15H26N4O. The van der Waals surface area contributed by atoms with Gasteiger partial charge in [-0.25, -0.2) is 4.98 Å². The number of aromatic nitrogens is 2. The van der Waals surface area contributed by atoms with Crippen molar-refractivity contribution in [2.24, 2.45) is 5.41 Å². The number of rotatable bonds is 4. The third kappa shape index (κ3) is 3.39. The highest BCUT2D eigenvalue weighted by molar-refractivity contribution is 5.86. The minimum atomic E-state index is -0.418. The Bertz CT molecular complexity index is 441. The van der Waals surface area contributed by atoms with Gasteiger partial charge in [0.15, 0.2) is 0 Å². The van der Waals surface area contributed by atoms with Crippen molar-refractivity contribution in [3.63, 3.8) is 0 Å². The molecule has 1 amide bonds. The number of nitrogens with one attached hydrogen (secondary N) is 2. The van der Waals surface area contributed by atoms with E-state index in [4.69, 9.17) is 0 Å². The summed E-state index contributed by atoms with van der Waals surface area (Å²) < 4.78 is 2.01. The zero-order chi connectivity index (χ0) is 14.8. The van der Waals surface area contributed by atoms with Crippen LogP contribution in [0.4, 0.5) is 0 Å². The maximum atomic E-state index is 12.6. The number of hydrogen-bond donors (Lipinski definition) is 2. The smallest absolute Gasteiger partial charge is 0.240 e. The number of nitrogens with zero attached hydrogens (tertiary/aromatic N) is 2. The predicted molar refractivity (Wildman–Crippen MR) is 79.3 cm³/mol. The molecule has 2 N–H and O–H groups in total. The van der Waals surface area contributed by atoms with Crippen molar-refractivity contribution < 1.29 is 4.79 Å². The number of amides is 1. The Morgan fingerprint density at radius 3 is 2.80 bits per heavy atom. The Kier molecular flexibility index (Phi) is 4.18. The van der Waals surface area contributed by atoms with E-state index >= 15 is 0 Å². The van der Waals surface area contributed by atoms with E-state index in [1.807, 2.05) is 17.7 Å². The van der Waals surface area contributed by atoms with Gasteiger partial charge in [0.25, 0.3) is 0 Å². The van der Waals surface area contributed by atoms with Gasteiger partial charge in [-0.2, -0.15) is 0 Å². The van der Waals surface area contributed by atoms with E-state index in [0.717, 1.165) is 25.9 Å². The summed E-state index contributed by atoms with van der Waals surface area (Å²) >= 11 is 0. The summed E-state index contributed by atoms with van der Waals surface area (Å²) in [5.41, 5.74) is -0.423. The van der Waals surface area contributed by atoms with Gasteiger partial charge in [0.2, 0.25) is 5.91 Å². The fourth-order valence-corrected chi connectivity index (χ4v) is 2.55. The Hall–Kier alpha value is -1.36. The van der Waals surface area contributed by atoms with Crippen molar-refractivity contribution >= 4 is 5.91 Å². The van der Waals surface area contributed by atoms with Crippen LogP contribution in [0, 0.1) is 5.41 Å². The SMILES string of the molecule is CC1(C(=O)NC(Cn2ccnc2)C(C)(C)C)CCCN1. The Labute approximate surface area is 121 Å². The van der Waals surface area contributed by atoms with Crippen LogP contribution in [0.5, 0.6) is 0 Å². The molecule has 0 spiro atoms. The van der Waals surface area contributed by atoms with Crippen LogP contribution >= 0.6 is 0 Å². The van der Waals surface area contributed by atoms with Gasteiger partial charge in [-0.1, -0.05) is 20.8 Å². The fraction of sp³-hybridized carbons (Fsp3) is 0.733. The first-order valence-corrected chi connectivity index (χ1v) is 7.33. The van der Waals surface area contributed by atoms with Crippen molar-refractivity contribution in [1.29, 1.82) is 0 Å². The fourth-order valence-electron chi connectivity index (χ4n) is 2.55. The monoisotopic (exact) mass is 278 g/mol. The molecule has 1 aromatic heterocycles. The molecule has 20 heavy (non-hydrogen) atoms. The van der Waals surface area contributed by atoms with Crippen molar-refractivity contribution in [2.75, 3.05) is 6.54 Å². The molecule has 0 aliphatic carbocycles. The number of hydrogen-bond acceptors (Lipinski definition) is 3. The first-order valence-electron chi connectivity index (χ1n) is 7.33. The molecule has 2 rings (SSSR count). The topological polar surface area (TPSA) is 59.0 Å². The van der Waals surface area contributed by atoms with Crippen LogP contribution in [-0.2, 0) is 11.3 Å². The van der Waals surface area contributed by atoms with E-state index in [0.29, 0.717) is 0 Å². The van der Waals surface area contributed by atoms with Gasteiger partial charge in [-0.3, -0.25) is 4.79 Å². The summed E-state index contributed by atoms with van der Waals surface area (Å²) in [5.74, 6) is 0.107. The molecule has 1 fully saturated rings. The maximum Gasteiger partial charge on any atom is 0.240 e. The van der Waals surface area contributed by atoms with Gasteiger partial charge in [0.1, 0.15) is 0 Å². The highest BCUT2D eigenvalue weighted by Crippen LogP contribution is 2.24. The summed E-state index contributed by atoms with van der Waals surface area (Å²) in [5, 5.41) is 6.54. The van der Waals surface area contributed by atoms with E-state index in [-0.39, 0.29) is 17.4 Å². The summed E-state index contributed by atoms with van der Waals surface area (Å²) in [7, 11) is 0. The molecule has 1 aliphatic rings. The van der Waals surface area contributed by atoms with Gasteiger partial charge < -0.3 is 15.2 Å². The van der Waals surface area contributed by atoms with Gasteiger partial charge >= 0.3 is 0 Å². The molecule has 1 aromatic rings. The Balaban J connectivity index is 2.06. The molecule has 2 heterocycles. The minimum Gasteiger partial charge on any atom is -0.349 e. The van der Waals surface area contributed by atoms with E-state index in [1.54, 1.807) is 12.5 Å². The molecular weight excluding hydrogens is 252 g/mol. The predicted octanol–water partition coefficient (Wildman–Crippen LogP) is 1.56. The lowest BCUT2D eigenvalue weighted by molar-refractivity contribution is -0.128. The van der Waals surface area contributed by atoms with Crippen LogP contribution in [0.1, 0.15) is 40.5 Å². The number of carbonyl (C=O) groups is 1. The third-order valence-electron chi connectivity index (χ3n) is 4.17. The Morgan fingerprint density at radius 2 is 2.30 bits per heavy atom. The van der Waals surface area contributed by atoms with Crippen molar-refractivity contribution in [3.8, 4) is 0 Å². The molecule has 0 aromatic carbocycles. The average Bonchev–Trinajstić information content (AvgIpc) is 2.99. The van der Waals surface area contributed by atoms with E-state index < -0.39 is 5.54 Å². The van der Waals surface area contributed by atoms with Crippen molar-refractivity contribution in [1.82, 2.24) is 20.2 Å². The molecule has 2 atom stereocenters. The summed E-state index contributed by atoms with van der Waals surface area (Å²) in [4.78, 5) is 16.6. The van der Waals surface area contributed by atoms with Crippen LogP contribution in [0.25, 0.3) is 0 Å². The highest BCUT2D eigenvalue weighted by Gasteiger charge is 2.38. The summed E-state index contributed by atoms with van der Waals surface area (Å²) in [6, 6.07) is 0.0726. The quantitative estimate of drug-likeness (QED) is 0.878. The normalized spacial score (nSPS) is 24.6. The second kappa shape index (κ2) is 5.56. The van der Waals surface area contributed by atoms with Crippen LogP contribution in [-0.4, -0.2) is 33.6 Å². The van der Waals surface area contributed by atoms with E-state index in [2.05, 4.69) is 36.4 Å². The maximum absolute atomic E-state index is 12.6. The molecule has 2 unspecified atom stereocenters. The lowest BCUT2D eigenvalue weighted by Gasteiger charge is -2.35. The molecule has 112 valence electrons. The van der Waals surface area contributed by atoms with Gasteiger partial charge in [-0.05, 0) is 31.7 Å². The first kappa shape index (κ1) is 15.0. The summed E-state index contributed by atoms with van der Waals surface area (Å²) in [6.07, 6.45) is 7.45. The zero-order valence-electron chi connectivity index (χ0n) is 12.9. The third-order valence-corrected chi connectivity index (χ3v) is 4.17. The Morgan fingerprint density at radius 1 is 1.55 bits per heavy atom. The summed E-state index contributed by atoms with van der Waals surface area (Å²) in [6.45, 7) is 10.1. The van der Waals surface area contributed by atoms with E-state index in [1.165, 1.54) is 0 Å². The van der Waals surface area contributed by atoms with E-state index in [9.17, 15) is 4.79 Å². The molecule has 5 heteroatoms.